The van der Waals surface area contributed by atoms with E-state index in [9.17, 15) is 8.42 Å². The van der Waals surface area contributed by atoms with Crippen molar-refractivity contribution in [3.63, 3.8) is 0 Å². The minimum atomic E-state index is -3.63. The van der Waals surface area contributed by atoms with E-state index in [2.05, 4.69) is 44.0 Å². The van der Waals surface area contributed by atoms with Crippen LogP contribution >= 0.6 is 0 Å². The Labute approximate surface area is 251 Å². The van der Waals surface area contributed by atoms with Crippen LogP contribution in [0.15, 0.2) is 43.4 Å². The molecule has 1 aliphatic rings. The lowest BCUT2D eigenvalue weighted by Crippen LogP contribution is -2.40. The molecule has 5 rings (SSSR count). The van der Waals surface area contributed by atoms with Crippen LogP contribution < -0.4 is 30.3 Å². The molecule has 1 aromatic carbocycles. The van der Waals surface area contributed by atoms with E-state index < -0.39 is 10.0 Å². The predicted molar refractivity (Wildman–Crippen MR) is 171 cm³/mol. The molecule has 0 atom stereocenters. The lowest BCUT2D eigenvalue weighted by atomic mass is 10.0. The van der Waals surface area contributed by atoms with Crippen LogP contribution in [0.1, 0.15) is 30.9 Å². The molecule has 0 aliphatic carbocycles. The number of anilines is 6. The number of aromatic nitrogens is 5. The Morgan fingerprint density at radius 2 is 1.88 bits per heavy atom. The summed E-state index contributed by atoms with van der Waals surface area (Å²) in [6.07, 6.45) is 10.0. The van der Waals surface area contributed by atoms with Crippen LogP contribution in [-0.4, -0.2) is 72.9 Å². The molecule has 13 nitrogen and oxygen atoms in total. The second-order valence-electron chi connectivity index (χ2n) is 10.3. The average molecular weight is 605 g/mol. The maximum Gasteiger partial charge on any atom is 0.239 e. The number of aryl methyl sites for hydroxylation is 1. The van der Waals surface area contributed by atoms with E-state index >= 15 is 0 Å². The highest BCUT2D eigenvalue weighted by atomic mass is 32.2. The third kappa shape index (κ3) is 6.29. The number of hydrogen-bond acceptors (Lipinski definition) is 12. The van der Waals surface area contributed by atoms with E-state index in [0.717, 1.165) is 50.0 Å². The summed E-state index contributed by atoms with van der Waals surface area (Å²) in [6.45, 7) is 7.66. The minimum Gasteiger partial charge on any atom is -0.479 e. The number of pyridine rings is 1. The van der Waals surface area contributed by atoms with E-state index in [1.165, 1.54) is 17.5 Å². The van der Waals surface area contributed by atoms with Crippen LogP contribution in [0.25, 0.3) is 17.1 Å². The normalized spacial score (nSPS) is 14.0. The first-order valence-electron chi connectivity index (χ1n) is 13.9. The Kier molecular flexibility index (Phi) is 8.59. The van der Waals surface area contributed by atoms with Crippen molar-refractivity contribution in [2.45, 2.75) is 32.2 Å². The molecule has 0 radical (unpaired) electrons. The molecule has 0 bridgehead atoms. The zero-order valence-corrected chi connectivity index (χ0v) is 25.5. The second-order valence-corrected chi connectivity index (χ2v) is 12.3. The van der Waals surface area contributed by atoms with Gasteiger partial charge in [-0.15, -0.1) is 0 Å². The molecule has 0 amide bonds. The van der Waals surface area contributed by atoms with Gasteiger partial charge in [0, 0.05) is 50.3 Å². The van der Waals surface area contributed by atoms with Gasteiger partial charge in [-0.1, -0.05) is 19.6 Å². The lowest BCUT2D eigenvalue weighted by Gasteiger charge is -2.32. The van der Waals surface area contributed by atoms with Crippen LogP contribution in [-0.2, 0) is 16.4 Å². The summed E-state index contributed by atoms with van der Waals surface area (Å²) in [4.78, 5) is 25.0. The van der Waals surface area contributed by atoms with Crippen LogP contribution in [0.5, 0.6) is 5.88 Å². The van der Waals surface area contributed by atoms with Crippen molar-refractivity contribution in [3.05, 3.63) is 54.5 Å². The summed E-state index contributed by atoms with van der Waals surface area (Å²) in [5.41, 5.74) is 10.2. The molecule has 0 unspecified atom stereocenters. The first-order chi connectivity index (χ1) is 20.6. The van der Waals surface area contributed by atoms with Gasteiger partial charge in [0.25, 0.3) is 0 Å². The fourth-order valence-electron chi connectivity index (χ4n) is 4.98. The Balaban J connectivity index is 1.51. The summed E-state index contributed by atoms with van der Waals surface area (Å²) >= 11 is 0. The highest BCUT2D eigenvalue weighted by Gasteiger charge is 2.24. The molecule has 1 aliphatic heterocycles. The largest absolute Gasteiger partial charge is 0.479 e. The summed E-state index contributed by atoms with van der Waals surface area (Å²) in [6, 6.07) is 5.73. The first-order valence-corrected chi connectivity index (χ1v) is 15.8. The fraction of sp³-hybridized carbons (Fsp3) is 0.345. The molecule has 226 valence electrons. The number of sulfonamides is 1. The standard InChI is InChI=1S/C29H36N10O3S/c1-6-18-16-23(28(42-4)37-27(18)39-14-10-20(30)11-15-39)35-29-33-17-19(7-2)26(36-29)34-22-9-8-21-24(32-13-12-31-21)25(22)38(3)43(5,40)41/h7-9,12-13,16-17,20H,2,6,10-11,14-15,30H2,1,3-5H3,(H2,33,34,35,36). The molecule has 0 spiro atoms. The van der Waals surface area contributed by atoms with Crippen molar-refractivity contribution >= 4 is 61.8 Å². The number of benzene rings is 1. The molecule has 4 aromatic rings. The van der Waals surface area contributed by atoms with E-state index in [1.807, 2.05) is 6.07 Å². The molecule has 1 saturated heterocycles. The molecular formula is C29H36N10O3S. The topological polar surface area (TPSA) is 164 Å². The third-order valence-electron chi connectivity index (χ3n) is 7.42. The summed E-state index contributed by atoms with van der Waals surface area (Å²) in [5.74, 6) is 2.00. The Hall–Kier alpha value is -4.56. The van der Waals surface area contributed by atoms with Gasteiger partial charge in [-0.3, -0.25) is 14.3 Å². The van der Waals surface area contributed by atoms with Gasteiger partial charge < -0.3 is 26.0 Å². The quantitative estimate of drug-likeness (QED) is 0.240. The van der Waals surface area contributed by atoms with Gasteiger partial charge in [-0.25, -0.2) is 13.4 Å². The number of nitrogens with one attached hydrogen (secondary N) is 2. The molecule has 43 heavy (non-hydrogen) atoms. The zero-order chi connectivity index (χ0) is 30.7. The van der Waals surface area contributed by atoms with E-state index in [0.29, 0.717) is 45.4 Å². The molecular weight excluding hydrogens is 568 g/mol. The maximum absolute atomic E-state index is 12.6. The number of nitrogens with zero attached hydrogens (tertiary/aromatic N) is 7. The van der Waals surface area contributed by atoms with E-state index in [1.54, 1.807) is 37.7 Å². The van der Waals surface area contributed by atoms with Gasteiger partial charge in [0.1, 0.15) is 28.5 Å². The van der Waals surface area contributed by atoms with Crippen molar-refractivity contribution in [1.82, 2.24) is 24.9 Å². The molecule has 4 N–H and O–H groups in total. The van der Waals surface area contributed by atoms with Gasteiger partial charge in [-0.05, 0) is 43.0 Å². The highest BCUT2D eigenvalue weighted by Crippen LogP contribution is 2.37. The van der Waals surface area contributed by atoms with Crippen LogP contribution in [0.2, 0.25) is 0 Å². The monoisotopic (exact) mass is 604 g/mol. The van der Waals surface area contributed by atoms with Crippen molar-refractivity contribution in [1.29, 1.82) is 0 Å². The van der Waals surface area contributed by atoms with Gasteiger partial charge >= 0.3 is 0 Å². The Morgan fingerprint density at radius 3 is 2.56 bits per heavy atom. The molecule has 14 heteroatoms. The van der Waals surface area contributed by atoms with Gasteiger partial charge in [0.2, 0.25) is 21.9 Å². The maximum atomic E-state index is 12.6. The van der Waals surface area contributed by atoms with Crippen molar-refractivity contribution in [2.75, 3.05) is 53.3 Å². The van der Waals surface area contributed by atoms with Gasteiger partial charge in [0.15, 0.2) is 0 Å². The number of ether oxygens (including phenoxy) is 1. The third-order valence-corrected chi connectivity index (χ3v) is 8.60. The predicted octanol–water partition coefficient (Wildman–Crippen LogP) is 3.84. The van der Waals surface area contributed by atoms with Crippen molar-refractivity contribution < 1.29 is 13.2 Å². The Morgan fingerprint density at radius 1 is 1.14 bits per heavy atom. The summed E-state index contributed by atoms with van der Waals surface area (Å²) < 4.78 is 32.0. The molecule has 3 aromatic heterocycles. The van der Waals surface area contributed by atoms with Crippen LogP contribution in [0.3, 0.4) is 0 Å². The molecule has 4 heterocycles. The number of fused-ring (bicyclic) bond motifs is 1. The second kappa shape index (κ2) is 12.4. The van der Waals surface area contributed by atoms with Crippen molar-refractivity contribution in [3.8, 4) is 5.88 Å². The fourth-order valence-corrected chi connectivity index (χ4v) is 5.49. The number of rotatable bonds is 10. The minimum absolute atomic E-state index is 0.216. The van der Waals surface area contributed by atoms with E-state index in [4.69, 9.17) is 20.4 Å². The molecule has 1 fully saturated rings. The molecule has 0 saturated carbocycles. The number of hydrogen-bond donors (Lipinski definition) is 3. The summed E-state index contributed by atoms with van der Waals surface area (Å²) in [5, 5.41) is 6.52. The SMILES string of the molecule is C=Cc1cnc(Nc2cc(CC)c(N3CCC(N)CC3)nc2OC)nc1Nc1ccc2nccnc2c1N(C)S(C)(=O)=O. The van der Waals surface area contributed by atoms with Gasteiger partial charge in [0.05, 0.1) is 24.6 Å². The van der Waals surface area contributed by atoms with E-state index in [-0.39, 0.29) is 12.0 Å². The Bertz CT molecular complexity index is 1760. The highest BCUT2D eigenvalue weighted by molar-refractivity contribution is 7.92. The van der Waals surface area contributed by atoms with Gasteiger partial charge in [-0.2, -0.15) is 9.97 Å². The average Bonchev–Trinajstić information content (AvgIpc) is 3.00. The van der Waals surface area contributed by atoms with Crippen molar-refractivity contribution in [2.24, 2.45) is 5.73 Å². The smallest absolute Gasteiger partial charge is 0.239 e. The number of nitrogens with two attached hydrogens (primary N) is 1. The van der Waals surface area contributed by atoms with Crippen LogP contribution in [0, 0.1) is 0 Å². The number of methoxy groups -OCH3 is 1. The lowest BCUT2D eigenvalue weighted by molar-refractivity contribution is 0.398. The van der Waals surface area contributed by atoms with Crippen LogP contribution in [0.4, 0.5) is 34.6 Å². The first kappa shape index (κ1) is 29.9. The zero-order valence-electron chi connectivity index (χ0n) is 24.7. The number of piperidine rings is 1. The summed E-state index contributed by atoms with van der Waals surface area (Å²) in [7, 11) is -0.580.